The summed E-state index contributed by atoms with van der Waals surface area (Å²) in [6.45, 7) is 2.25. The summed E-state index contributed by atoms with van der Waals surface area (Å²) < 4.78 is 69.7. The molecule has 1 aromatic carbocycles. The predicted octanol–water partition coefficient (Wildman–Crippen LogP) is 8.48. The molecule has 0 amide bonds. The Morgan fingerprint density at radius 3 is 2.03 bits per heavy atom. The van der Waals surface area contributed by atoms with E-state index in [0.29, 0.717) is 11.5 Å². The molecule has 0 spiro atoms. The highest BCUT2D eigenvalue weighted by Crippen LogP contribution is 2.44. The van der Waals surface area contributed by atoms with E-state index >= 15 is 0 Å². The number of rotatable bonds is 8. The van der Waals surface area contributed by atoms with Gasteiger partial charge >= 0.3 is 12.1 Å². The van der Waals surface area contributed by atoms with Crippen molar-refractivity contribution in [3.63, 3.8) is 0 Å². The molecule has 0 aromatic heterocycles. The Labute approximate surface area is 183 Å². The zero-order valence-electron chi connectivity index (χ0n) is 18.2. The van der Waals surface area contributed by atoms with Gasteiger partial charge in [-0.25, -0.2) is 8.78 Å². The lowest BCUT2D eigenvalue weighted by Gasteiger charge is -2.37. The van der Waals surface area contributed by atoms with Gasteiger partial charge in [0.25, 0.3) is 0 Å². The minimum atomic E-state index is -2.75. The second-order valence-electron chi connectivity index (χ2n) is 9.34. The van der Waals surface area contributed by atoms with E-state index < -0.39 is 38.3 Å². The summed E-state index contributed by atoms with van der Waals surface area (Å²) in [6, 6.07) is 4.35. The zero-order valence-corrected chi connectivity index (χ0v) is 19.4. The van der Waals surface area contributed by atoms with Crippen LogP contribution in [0, 0.1) is 23.5 Å². The van der Waals surface area contributed by atoms with E-state index in [1.807, 2.05) is 0 Å². The van der Waals surface area contributed by atoms with Gasteiger partial charge in [-0.15, -0.1) is 0 Å². The Morgan fingerprint density at radius 1 is 0.903 bits per heavy atom. The van der Waals surface area contributed by atoms with Crippen LogP contribution in [0.1, 0.15) is 76.2 Å². The molecule has 0 unspecified atom stereocenters. The van der Waals surface area contributed by atoms with Gasteiger partial charge in [0.1, 0.15) is 0 Å². The van der Waals surface area contributed by atoms with E-state index in [1.54, 1.807) is 0 Å². The Kier molecular flexibility index (Phi) is 8.99. The highest BCUT2D eigenvalue weighted by molar-refractivity contribution is 6.58. The van der Waals surface area contributed by atoms with Crippen LogP contribution in [0.25, 0.3) is 0 Å². The fraction of sp³-hybridized carbons (Fsp3) is 0.667. The quantitative estimate of drug-likeness (QED) is 0.164. The average Bonchev–Trinajstić information content (AvgIpc) is 2.76. The molecule has 1 saturated heterocycles. The highest BCUT2D eigenvalue weighted by atomic mass is 28.3. The summed E-state index contributed by atoms with van der Waals surface area (Å²) in [5.74, 6) is -1.90. The fourth-order valence-electron chi connectivity index (χ4n) is 5.60. The van der Waals surface area contributed by atoms with Crippen LogP contribution in [-0.2, 0) is 0 Å². The van der Waals surface area contributed by atoms with Gasteiger partial charge in [0.05, 0.1) is 0 Å². The van der Waals surface area contributed by atoms with E-state index in [9.17, 15) is 22.0 Å². The Hall–Kier alpha value is -1.37. The monoisotopic (exact) mass is 460 g/mol. The van der Waals surface area contributed by atoms with E-state index in [0.717, 1.165) is 43.7 Å². The minimum absolute atomic E-state index is 0.0346. The second kappa shape index (κ2) is 11.5. The maximum absolute atomic E-state index is 14.2. The molecule has 1 aliphatic heterocycles. The predicted molar refractivity (Wildman–Crippen MR) is 116 cm³/mol. The van der Waals surface area contributed by atoms with Crippen LogP contribution < -0.4 is 4.74 Å². The second-order valence-corrected chi connectivity index (χ2v) is 12.8. The van der Waals surface area contributed by atoms with Crippen LogP contribution in [0.15, 0.2) is 24.2 Å². The van der Waals surface area contributed by atoms with Gasteiger partial charge in [0.15, 0.2) is 11.6 Å². The molecule has 0 bridgehead atoms. The van der Waals surface area contributed by atoms with Crippen LogP contribution >= 0.6 is 0 Å². The first-order chi connectivity index (χ1) is 14.9. The van der Waals surface area contributed by atoms with Crippen molar-refractivity contribution in [2.24, 2.45) is 11.8 Å². The Morgan fingerprint density at radius 2 is 1.48 bits per heavy atom. The van der Waals surface area contributed by atoms with Crippen LogP contribution in [0.5, 0.6) is 5.75 Å². The molecule has 174 valence electrons. The third-order valence-electron chi connectivity index (χ3n) is 7.38. The topological polar surface area (TPSA) is 9.23 Å². The van der Waals surface area contributed by atoms with Gasteiger partial charge in [-0.1, -0.05) is 57.2 Å². The number of benzene rings is 1. The summed E-state index contributed by atoms with van der Waals surface area (Å²) in [6.07, 6.45) is 7.88. The van der Waals surface area contributed by atoms with Gasteiger partial charge in [0, 0.05) is 8.80 Å². The molecule has 1 heterocycles. The van der Waals surface area contributed by atoms with Crippen LogP contribution in [0.3, 0.4) is 0 Å². The number of ether oxygens (including phenoxy) is 1. The molecule has 0 atom stereocenters. The number of hydrogen-bond acceptors (Lipinski definition) is 1. The average molecular weight is 461 g/mol. The normalized spacial score (nSPS) is 26.5. The molecular formula is C24H33F5OSi. The molecule has 1 aromatic rings. The van der Waals surface area contributed by atoms with Crippen LogP contribution in [-0.4, -0.2) is 8.80 Å². The molecule has 1 saturated carbocycles. The van der Waals surface area contributed by atoms with Crippen LogP contribution in [0.2, 0.25) is 18.1 Å². The van der Waals surface area contributed by atoms with Gasteiger partial charge in [-0.2, -0.15) is 13.2 Å². The van der Waals surface area contributed by atoms with Gasteiger partial charge in [-0.05, 0) is 61.1 Å². The number of hydrogen-bond donors (Lipinski definition) is 0. The third-order valence-corrected chi connectivity index (χ3v) is 10.9. The van der Waals surface area contributed by atoms with Crippen molar-refractivity contribution in [1.82, 2.24) is 0 Å². The SMILES string of the molecule is CCCCC[Si@H]1CC[C@H]([C@H]2CC[C@H](c3cc(F)c(OC(F)=C(F)F)c(F)c3)CC2)CC1. The molecule has 1 aliphatic carbocycles. The largest absolute Gasteiger partial charge is 0.422 e. The Bertz CT molecular complexity index is 725. The van der Waals surface area contributed by atoms with E-state index in [2.05, 4.69) is 11.7 Å². The molecule has 31 heavy (non-hydrogen) atoms. The first-order valence-corrected chi connectivity index (χ1v) is 14.2. The van der Waals surface area contributed by atoms with Crippen molar-refractivity contribution < 1.29 is 26.7 Å². The molecule has 7 heteroatoms. The molecule has 3 rings (SSSR count). The molecule has 2 fully saturated rings. The maximum Gasteiger partial charge on any atom is 0.344 e. The summed E-state index contributed by atoms with van der Waals surface area (Å²) >= 11 is 0. The van der Waals surface area contributed by atoms with Crippen molar-refractivity contribution in [1.29, 1.82) is 0 Å². The van der Waals surface area contributed by atoms with Crippen molar-refractivity contribution in [3.8, 4) is 5.75 Å². The van der Waals surface area contributed by atoms with Crippen molar-refractivity contribution in [3.05, 3.63) is 41.4 Å². The van der Waals surface area contributed by atoms with Gasteiger partial charge in [-0.3, -0.25) is 0 Å². The fourth-order valence-corrected chi connectivity index (χ4v) is 9.13. The van der Waals surface area contributed by atoms with Crippen molar-refractivity contribution in [2.45, 2.75) is 88.8 Å². The summed E-state index contributed by atoms with van der Waals surface area (Å²) in [5, 5.41) is 0. The van der Waals surface area contributed by atoms with Crippen molar-refractivity contribution >= 4 is 8.80 Å². The molecular weight excluding hydrogens is 427 g/mol. The van der Waals surface area contributed by atoms with Crippen molar-refractivity contribution in [2.75, 3.05) is 0 Å². The smallest absolute Gasteiger partial charge is 0.344 e. The van der Waals surface area contributed by atoms with Crippen LogP contribution in [0.4, 0.5) is 22.0 Å². The molecule has 2 aliphatic rings. The summed E-state index contributed by atoms with van der Waals surface area (Å²) in [7, 11) is -0.518. The van der Waals surface area contributed by atoms with E-state index in [1.165, 1.54) is 50.2 Å². The maximum atomic E-state index is 14.2. The highest BCUT2D eigenvalue weighted by Gasteiger charge is 2.32. The standard InChI is InChI=1S/C24H33F5OSi/c1-2-3-4-11-31-12-9-18(10-13-31)16-5-7-17(8-6-16)19-14-20(25)22(21(26)15-19)30-24(29)23(27)28/h14-18,31H,2-13H2,1H3/t16-,17-,18-,31-. The first-order valence-electron chi connectivity index (χ1n) is 11.8. The first kappa shape index (κ1) is 24.3. The minimum Gasteiger partial charge on any atom is -0.422 e. The van der Waals surface area contributed by atoms with E-state index in [4.69, 9.17) is 0 Å². The molecule has 0 N–H and O–H groups in total. The van der Waals surface area contributed by atoms with E-state index in [-0.39, 0.29) is 5.92 Å². The third kappa shape index (κ3) is 6.56. The number of unbranched alkanes of at least 4 members (excludes halogenated alkanes) is 2. The molecule has 1 nitrogen and oxygen atoms in total. The molecule has 0 radical (unpaired) electrons. The van der Waals surface area contributed by atoms with Gasteiger partial charge < -0.3 is 4.74 Å². The summed E-state index contributed by atoms with van der Waals surface area (Å²) in [5.41, 5.74) is 0.498. The zero-order chi connectivity index (χ0) is 22.4. The lowest BCUT2D eigenvalue weighted by molar-refractivity contribution is 0.214. The number of halogens is 5. The van der Waals surface area contributed by atoms with Gasteiger partial charge in [0.2, 0.25) is 5.75 Å². The summed E-state index contributed by atoms with van der Waals surface area (Å²) in [4.78, 5) is 0. The lowest BCUT2D eigenvalue weighted by atomic mass is 9.72. The Balaban J connectivity index is 1.51. The lowest BCUT2D eigenvalue weighted by Crippen LogP contribution is -2.28.